The third kappa shape index (κ3) is 4.10. The normalized spacial score (nSPS) is 16.2. The van der Waals surface area contributed by atoms with Gasteiger partial charge in [0.25, 0.3) is 0 Å². The van der Waals surface area contributed by atoms with Crippen LogP contribution in [0.3, 0.4) is 0 Å². The lowest BCUT2D eigenvalue weighted by Gasteiger charge is -2.22. The van der Waals surface area contributed by atoms with Crippen LogP contribution >= 0.6 is 0 Å². The minimum Gasteiger partial charge on any atom is -0.439 e. The molecule has 23 heavy (non-hydrogen) atoms. The van der Waals surface area contributed by atoms with E-state index >= 15 is 0 Å². The molecular weight excluding hydrogens is 294 g/mol. The fourth-order valence-electron chi connectivity index (χ4n) is 2.80. The summed E-state index contributed by atoms with van der Waals surface area (Å²) in [5, 5.41) is 15.6. The number of carbonyl (C=O) groups excluding carboxylic acids is 1. The van der Waals surface area contributed by atoms with Crippen LogP contribution in [0, 0.1) is 0 Å². The largest absolute Gasteiger partial charge is 0.439 e. The molecule has 1 aromatic carbocycles. The number of urea groups is 1. The van der Waals surface area contributed by atoms with E-state index < -0.39 is 5.60 Å². The molecular formula is C17H21N3O3. The molecule has 1 aliphatic rings. The molecule has 6 heteroatoms. The van der Waals surface area contributed by atoms with Gasteiger partial charge < -0.3 is 20.2 Å². The van der Waals surface area contributed by atoms with E-state index in [9.17, 15) is 9.90 Å². The Morgan fingerprint density at radius 3 is 2.70 bits per heavy atom. The Morgan fingerprint density at radius 2 is 1.96 bits per heavy atom. The topological polar surface area (TPSA) is 87.4 Å². The second-order valence-electron chi connectivity index (χ2n) is 5.95. The van der Waals surface area contributed by atoms with Crippen LogP contribution in [0.5, 0.6) is 0 Å². The Kier molecular flexibility index (Phi) is 4.62. The van der Waals surface area contributed by atoms with Crippen molar-refractivity contribution in [3.8, 4) is 11.3 Å². The van der Waals surface area contributed by atoms with Gasteiger partial charge in [-0.3, -0.25) is 0 Å². The van der Waals surface area contributed by atoms with Crippen molar-refractivity contribution >= 4 is 6.03 Å². The fraction of sp³-hybridized carbons (Fsp3) is 0.412. The number of nitrogens with one attached hydrogen (secondary N) is 2. The number of benzene rings is 1. The molecule has 0 aliphatic heterocycles. The van der Waals surface area contributed by atoms with Gasteiger partial charge in [-0.2, -0.15) is 0 Å². The highest BCUT2D eigenvalue weighted by Crippen LogP contribution is 2.28. The summed E-state index contributed by atoms with van der Waals surface area (Å²) in [5.74, 6) is 1.11. The molecule has 2 aromatic rings. The van der Waals surface area contributed by atoms with Crippen molar-refractivity contribution in [2.24, 2.45) is 0 Å². The minimum absolute atomic E-state index is 0.205. The molecule has 1 aromatic heterocycles. The van der Waals surface area contributed by atoms with E-state index in [4.69, 9.17) is 4.42 Å². The average Bonchev–Trinajstić information content (AvgIpc) is 3.22. The van der Waals surface area contributed by atoms with Gasteiger partial charge in [-0.1, -0.05) is 43.2 Å². The quantitative estimate of drug-likeness (QED) is 0.791. The number of hydrogen-bond donors (Lipinski definition) is 3. The molecule has 1 saturated carbocycles. The first kappa shape index (κ1) is 15.6. The molecule has 3 N–H and O–H groups in total. The van der Waals surface area contributed by atoms with Crippen LogP contribution in [-0.4, -0.2) is 28.3 Å². The SMILES string of the molecule is O=C(NCc1ncc(-c2ccccc2)o1)NCC1(O)CCCC1. The van der Waals surface area contributed by atoms with Crippen molar-refractivity contribution < 1.29 is 14.3 Å². The summed E-state index contributed by atoms with van der Waals surface area (Å²) < 4.78 is 5.61. The van der Waals surface area contributed by atoms with Crippen LogP contribution in [0.1, 0.15) is 31.6 Å². The Balaban J connectivity index is 1.47. The van der Waals surface area contributed by atoms with E-state index in [1.807, 2.05) is 30.3 Å². The van der Waals surface area contributed by atoms with Crippen LogP contribution in [0.2, 0.25) is 0 Å². The summed E-state index contributed by atoms with van der Waals surface area (Å²) in [5.41, 5.74) is 0.194. The Hall–Kier alpha value is -2.34. The molecule has 1 fully saturated rings. The number of aliphatic hydroxyl groups is 1. The summed E-state index contributed by atoms with van der Waals surface area (Å²) in [6.45, 7) is 0.483. The Labute approximate surface area is 134 Å². The first-order chi connectivity index (χ1) is 11.1. The molecule has 0 saturated heterocycles. The van der Waals surface area contributed by atoms with Crippen molar-refractivity contribution in [2.75, 3.05) is 6.54 Å². The highest BCUT2D eigenvalue weighted by Gasteiger charge is 2.31. The molecule has 0 atom stereocenters. The zero-order chi connectivity index (χ0) is 16.1. The van der Waals surface area contributed by atoms with E-state index in [0.29, 0.717) is 11.7 Å². The molecule has 1 aliphatic carbocycles. The van der Waals surface area contributed by atoms with Gasteiger partial charge in [0.1, 0.15) is 0 Å². The highest BCUT2D eigenvalue weighted by atomic mass is 16.4. The van der Waals surface area contributed by atoms with Gasteiger partial charge in [0, 0.05) is 12.1 Å². The number of rotatable bonds is 5. The first-order valence-electron chi connectivity index (χ1n) is 7.89. The van der Waals surface area contributed by atoms with E-state index in [-0.39, 0.29) is 19.1 Å². The number of amides is 2. The van der Waals surface area contributed by atoms with Crippen molar-refractivity contribution in [1.82, 2.24) is 15.6 Å². The minimum atomic E-state index is -0.749. The lowest BCUT2D eigenvalue weighted by molar-refractivity contribution is 0.0501. The van der Waals surface area contributed by atoms with Gasteiger partial charge in [0.15, 0.2) is 5.76 Å². The predicted octanol–water partition coefficient (Wildman–Crippen LogP) is 2.45. The maximum Gasteiger partial charge on any atom is 0.315 e. The van der Waals surface area contributed by atoms with Gasteiger partial charge in [0.2, 0.25) is 5.89 Å². The summed E-state index contributed by atoms with van der Waals surface area (Å²) in [7, 11) is 0. The summed E-state index contributed by atoms with van der Waals surface area (Å²) in [4.78, 5) is 15.9. The Morgan fingerprint density at radius 1 is 1.22 bits per heavy atom. The maximum absolute atomic E-state index is 11.8. The molecule has 0 spiro atoms. The standard InChI is InChI=1S/C17H21N3O3/c21-16(20-12-17(22)8-4-5-9-17)19-11-15-18-10-14(23-15)13-6-2-1-3-7-13/h1-3,6-7,10,22H,4-5,8-9,11-12H2,(H2,19,20,21). The molecule has 0 radical (unpaired) electrons. The van der Waals surface area contributed by atoms with Crippen molar-refractivity contribution in [1.29, 1.82) is 0 Å². The van der Waals surface area contributed by atoms with Gasteiger partial charge in [-0.25, -0.2) is 9.78 Å². The van der Waals surface area contributed by atoms with Gasteiger partial charge in [-0.15, -0.1) is 0 Å². The molecule has 2 amide bonds. The lowest BCUT2D eigenvalue weighted by Crippen LogP contribution is -2.44. The van der Waals surface area contributed by atoms with Crippen LogP contribution in [0.4, 0.5) is 4.79 Å². The summed E-state index contributed by atoms with van der Waals surface area (Å²) in [6, 6.07) is 9.34. The van der Waals surface area contributed by atoms with Gasteiger partial charge >= 0.3 is 6.03 Å². The average molecular weight is 315 g/mol. The maximum atomic E-state index is 11.8. The predicted molar refractivity (Wildman–Crippen MR) is 85.6 cm³/mol. The summed E-state index contributed by atoms with van der Waals surface area (Å²) in [6.07, 6.45) is 5.16. The number of carbonyl (C=O) groups is 1. The monoisotopic (exact) mass is 315 g/mol. The molecule has 1 heterocycles. The molecule has 3 rings (SSSR count). The molecule has 0 unspecified atom stereocenters. The van der Waals surface area contributed by atoms with E-state index in [0.717, 1.165) is 31.2 Å². The van der Waals surface area contributed by atoms with Crippen LogP contribution in [0.25, 0.3) is 11.3 Å². The number of aromatic nitrogens is 1. The Bertz CT molecular complexity index is 648. The molecule has 6 nitrogen and oxygen atoms in total. The van der Waals surface area contributed by atoms with Crippen molar-refractivity contribution in [3.63, 3.8) is 0 Å². The zero-order valence-corrected chi connectivity index (χ0v) is 12.9. The highest BCUT2D eigenvalue weighted by molar-refractivity contribution is 5.73. The van der Waals surface area contributed by atoms with Gasteiger partial charge in [0.05, 0.1) is 18.3 Å². The zero-order valence-electron chi connectivity index (χ0n) is 12.9. The van der Waals surface area contributed by atoms with Crippen molar-refractivity contribution in [3.05, 3.63) is 42.4 Å². The fourth-order valence-corrected chi connectivity index (χ4v) is 2.80. The third-order valence-electron chi connectivity index (χ3n) is 4.12. The van der Waals surface area contributed by atoms with E-state index in [1.165, 1.54) is 0 Å². The van der Waals surface area contributed by atoms with Gasteiger partial charge in [-0.05, 0) is 12.8 Å². The second kappa shape index (κ2) is 6.83. The van der Waals surface area contributed by atoms with Crippen LogP contribution in [0.15, 0.2) is 40.9 Å². The number of nitrogens with zero attached hydrogens (tertiary/aromatic N) is 1. The first-order valence-corrected chi connectivity index (χ1v) is 7.89. The second-order valence-corrected chi connectivity index (χ2v) is 5.95. The van der Waals surface area contributed by atoms with E-state index in [1.54, 1.807) is 6.20 Å². The molecule has 122 valence electrons. The smallest absolute Gasteiger partial charge is 0.315 e. The van der Waals surface area contributed by atoms with E-state index in [2.05, 4.69) is 15.6 Å². The molecule has 0 bridgehead atoms. The number of oxazole rings is 1. The third-order valence-corrected chi connectivity index (χ3v) is 4.12. The van der Waals surface area contributed by atoms with Crippen LogP contribution in [-0.2, 0) is 6.54 Å². The van der Waals surface area contributed by atoms with Crippen LogP contribution < -0.4 is 10.6 Å². The lowest BCUT2D eigenvalue weighted by atomic mass is 10.0. The summed E-state index contributed by atoms with van der Waals surface area (Å²) >= 11 is 0. The number of hydrogen-bond acceptors (Lipinski definition) is 4. The van der Waals surface area contributed by atoms with Crippen molar-refractivity contribution in [2.45, 2.75) is 37.8 Å².